The number of hydrogen-bond acceptors (Lipinski definition) is 9. The van der Waals surface area contributed by atoms with Crippen molar-refractivity contribution in [3.8, 4) is 0 Å². The van der Waals surface area contributed by atoms with Crippen molar-refractivity contribution in [3.05, 3.63) is 23.5 Å². The Labute approximate surface area is 148 Å². The molecule has 0 aromatic heterocycles. The van der Waals surface area contributed by atoms with Crippen molar-refractivity contribution >= 4 is 5.97 Å². The Bertz CT molecular complexity index is 600. The molecule has 0 aromatic carbocycles. The van der Waals surface area contributed by atoms with Crippen LogP contribution >= 0.6 is 0 Å². The summed E-state index contributed by atoms with van der Waals surface area (Å²) < 4.78 is 16.3. The van der Waals surface area contributed by atoms with Crippen molar-refractivity contribution in [2.24, 2.45) is 11.8 Å². The lowest BCUT2D eigenvalue weighted by Gasteiger charge is -2.42. The molecule has 0 aromatic rings. The van der Waals surface area contributed by atoms with E-state index in [1.165, 1.54) is 0 Å². The summed E-state index contributed by atoms with van der Waals surface area (Å²) in [4.78, 5) is 11.4. The molecule has 1 fully saturated rings. The first kappa shape index (κ1) is 19.2. The molecule has 0 saturated carbocycles. The normalized spacial score (nSPS) is 42.5. The number of rotatable bonds is 5. The third-order valence-electron chi connectivity index (χ3n) is 5.06. The summed E-state index contributed by atoms with van der Waals surface area (Å²) in [5.41, 5.74) is 0.583. The Kier molecular flexibility index (Phi) is 5.63. The van der Waals surface area contributed by atoms with Gasteiger partial charge in [0.15, 0.2) is 6.29 Å². The topological polar surface area (TPSA) is 166 Å². The number of carboxylic acids is 1. The molecule has 8 atom stereocenters. The van der Waals surface area contributed by atoms with Crippen LogP contribution in [0.4, 0.5) is 0 Å². The standard InChI is InChI=1S/C16H22O10/c17-3-6-1-2-7-8(14(22)23)5-24-15(10(6)7)26-16-13(21)12(20)11(19)9(4-18)25-16/h1,5,7,9-13,15-21H,2-4H2,(H,22,23)/t7-,9-,10+,11-,12+,13+,15-,16+/m1/s1. The van der Waals surface area contributed by atoms with E-state index in [0.29, 0.717) is 12.0 Å². The van der Waals surface area contributed by atoms with E-state index in [-0.39, 0.29) is 12.2 Å². The largest absolute Gasteiger partial charge is 0.478 e. The summed E-state index contributed by atoms with van der Waals surface area (Å²) in [5.74, 6) is -2.22. The molecule has 1 saturated heterocycles. The van der Waals surface area contributed by atoms with Crippen molar-refractivity contribution in [1.29, 1.82) is 0 Å². The van der Waals surface area contributed by atoms with Crippen LogP contribution in [0.2, 0.25) is 0 Å². The Morgan fingerprint density at radius 3 is 2.50 bits per heavy atom. The molecule has 0 spiro atoms. The smallest absolute Gasteiger partial charge is 0.335 e. The second-order valence-electron chi connectivity index (χ2n) is 6.52. The van der Waals surface area contributed by atoms with E-state index in [4.69, 9.17) is 14.2 Å². The third kappa shape index (κ3) is 3.25. The fourth-order valence-corrected chi connectivity index (χ4v) is 3.62. The number of allylic oxidation sites excluding steroid dienone is 1. The minimum atomic E-state index is -1.61. The molecule has 6 N–H and O–H groups in total. The summed E-state index contributed by atoms with van der Waals surface area (Å²) in [6.45, 7) is -0.917. The van der Waals surface area contributed by atoms with E-state index >= 15 is 0 Å². The number of carbonyl (C=O) groups is 1. The Hall–Kier alpha value is -1.53. The number of aliphatic hydroxyl groups excluding tert-OH is 5. The number of carboxylic acid groups (broad SMARTS) is 1. The van der Waals surface area contributed by atoms with Crippen LogP contribution in [0, 0.1) is 11.8 Å². The molecular weight excluding hydrogens is 352 g/mol. The zero-order valence-electron chi connectivity index (χ0n) is 13.7. The summed E-state index contributed by atoms with van der Waals surface area (Å²) in [6, 6.07) is 0. The highest BCUT2D eigenvalue weighted by molar-refractivity contribution is 5.87. The highest BCUT2D eigenvalue weighted by Crippen LogP contribution is 2.44. The summed E-state index contributed by atoms with van der Waals surface area (Å²) in [5, 5.41) is 57.8. The lowest BCUT2D eigenvalue weighted by Crippen LogP contribution is -2.60. The summed E-state index contributed by atoms with van der Waals surface area (Å²) >= 11 is 0. The molecule has 146 valence electrons. The van der Waals surface area contributed by atoms with Crippen LogP contribution < -0.4 is 0 Å². The van der Waals surface area contributed by atoms with Crippen LogP contribution in [0.25, 0.3) is 0 Å². The maximum Gasteiger partial charge on any atom is 0.335 e. The Morgan fingerprint density at radius 1 is 1.15 bits per heavy atom. The van der Waals surface area contributed by atoms with Crippen LogP contribution in [0.5, 0.6) is 0 Å². The molecule has 3 rings (SSSR count). The second kappa shape index (κ2) is 7.61. The van der Waals surface area contributed by atoms with Gasteiger partial charge >= 0.3 is 5.97 Å². The second-order valence-corrected chi connectivity index (χ2v) is 6.52. The molecule has 2 aliphatic heterocycles. The number of fused-ring (bicyclic) bond motifs is 1. The van der Waals surface area contributed by atoms with E-state index in [2.05, 4.69) is 0 Å². The summed E-state index contributed by atoms with van der Waals surface area (Å²) in [7, 11) is 0. The van der Waals surface area contributed by atoms with Gasteiger partial charge in [-0.25, -0.2) is 4.79 Å². The number of aliphatic carboxylic acids is 1. The summed E-state index contributed by atoms with van der Waals surface area (Å²) in [6.07, 6.45) is -5.21. The van der Waals surface area contributed by atoms with E-state index < -0.39 is 61.4 Å². The van der Waals surface area contributed by atoms with Gasteiger partial charge in [-0.05, 0) is 12.0 Å². The fraction of sp³-hybridized carbons (Fsp3) is 0.688. The first-order chi connectivity index (χ1) is 12.4. The van der Waals surface area contributed by atoms with Crippen LogP contribution in [0.3, 0.4) is 0 Å². The molecule has 26 heavy (non-hydrogen) atoms. The molecule has 3 aliphatic rings. The quantitative estimate of drug-likeness (QED) is 0.288. The van der Waals surface area contributed by atoms with Crippen molar-refractivity contribution in [1.82, 2.24) is 0 Å². The van der Waals surface area contributed by atoms with Gasteiger partial charge < -0.3 is 44.8 Å². The van der Waals surface area contributed by atoms with Crippen molar-refractivity contribution in [3.63, 3.8) is 0 Å². The molecule has 10 heteroatoms. The van der Waals surface area contributed by atoms with Crippen LogP contribution in [-0.4, -0.2) is 86.8 Å². The zero-order valence-corrected chi connectivity index (χ0v) is 13.7. The van der Waals surface area contributed by atoms with E-state index in [0.717, 1.165) is 6.26 Å². The van der Waals surface area contributed by atoms with Crippen molar-refractivity contribution in [2.75, 3.05) is 13.2 Å². The predicted octanol–water partition coefficient (Wildman–Crippen LogP) is -2.32. The van der Waals surface area contributed by atoms with Gasteiger partial charge in [0.2, 0.25) is 6.29 Å². The maximum atomic E-state index is 11.4. The number of aliphatic hydroxyl groups is 5. The van der Waals surface area contributed by atoms with Gasteiger partial charge in [0.05, 0.1) is 31.0 Å². The Balaban J connectivity index is 1.80. The molecular formula is C16H22O10. The fourth-order valence-electron chi connectivity index (χ4n) is 3.62. The van der Waals surface area contributed by atoms with Gasteiger partial charge in [0.1, 0.15) is 24.4 Å². The van der Waals surface area contributed by atoms with E-state index in [1.807, 2.05) is 0 Å². The molecule has 2 heterocycles. The van der Waals surface area contributed by atoms with E-state index in [9.17, 15) is 35.4 Å². The molecule has 0 unspecified atom stereocenters. The monoisotopic (exact) mass is 374 g/mol. The van der Waals surface area contributed by atoms with Crippen LogP contribution in [0.15, 0.2) is 23.5 Å². The van der Waals surface area contributed by atoms with Gasteiger partial charge in [-0.15, -0.1) is 0 Å². The number of ether oxygens (including phenoxy) is 3. The SMILES string of the molecule is O=C(O)C1=CO[C@H](O[C@@H]2O[C@H](CO)[C@@H](O)[C@H](O)[C@@H]2O)[C@H]2C(CO)=CC[C@H]12. The average molecular weight is 374 g/mol. The highest BCUT2D eigenvalue weighted by atomic mass is 16.8. The van der Waals surface area contributed by atoms with Gasteiger partial charge in [-0.3, -0.25) is 0 Å². The lowest BCUT2D eigenvalue weighted by atomic mass is 9.83. The molecule has 0 radical (unpaired) electrons. The molecule has 0 amide bonds. The molecule has 0 bridgehead atoms. The van der Waals surface area contributed by atoms with E-state index in [1.54, 1.807) is 6.08 Å². The van der Waals surface area contributed by atoms with Gasteiger partial charge in [-0.1, -0.05) is 6.08 Å². The zero-order chi connectivity index (χ0) is 19.0. The van der Waals surface area contributed by atoms with Crippen molar-refractivity contribution in [2.45, 2.75) is 43.4 Å². The molecule has 1 aliphatic carbocycles. The van der Waals surface area contributed by atoms with Gasteiger partial charge in [-0.2, -0.15) is 0 Å². The average Bonchev–Trinajstić information content (AvgIpc) is 3.06. The highest BCUT2D eigenvalue weighted by Gasteiger charge is 2.49. The number of hydrogen-bond donors (Lipinski definition) is 6. The minimum absolute atomic E-state index is 0.0448. The third-order valence-corrected chi connectivity index (χ3v) is 5.06. The maximum absolute atomic E-state index is 11.4. The lowest BCUT2D eigenvalue weighted by molar-refractivity contribution is -0.339. The van der Waals surface area contributed by atoms with Crippen molar-refractivity contribution < 1.29 is 49.6 Å². The first-order valence-corrected chi connectivity index (χ1v) is 8.23. The van der Waals surface area contributed by atoms with Crippen LogP contribution in [-0.2, 0) is 19.0 Å². The first-order valence-electron chi connectivity index (χ1n) is 8.23. The van der Waals surface area contributed by atoms with Crippen LogP contribution in [0.1, 0.15) is 6.42 Å². The minimum Gasteiger partial charge on any atom is -0.478 e. The Morgan fingerprint density at radius 2 is 1.88 bits per heavy atom. The molecule has 10 nitrogen and oxygen atoms in total. The van der Waals surface area contributed by atoms with Gasteiger partial charge in [0.25, 0.3) is 0 Å². The van der Waals surface area contributed by atoms with Gasteiger partial charge in [0, 0.05) is 5.92 Å². The predicted molar refractivity (Wildman–Crippen MR) is 82.2 cm³/mol.